The van der Waals surface area contributed by atoms with Crippen LogP contribution >= 0.6 is 0 Å². The molecule has 0 fully saturated rings. The van der Waals surface area contributed by atoms with Gasteiger partial charge in [0.25, 0.3) is 0 Å². The van der Waals surface area contributed by atoms with E-state index in [9.17, 15) is 4.39 Å². The molecule has 11 heavy (non-hydrogen) atoms. The summed E-state index contributed by atoms with van der Waals surface area (Å²) in [6, 6.07) is 13.3. The minimum absolute atomic E-state index is 0.275. The van der Waals surface area contributed by atoms with E-state index in [1.54, 1.807) is 12.1 Å². The zero-order valence-corrected chi connectivity index (χ0v) is 5.84. The fraction of sp³-hybridized carbons (Fsp3) is 0. The number of rotatable bonds is 0. The molecule has 0 aliphatic rings. The maximum atomic E-state index is 12.9. The third-order valence-electron chi connectivity index (χ3n) is 1.67. The Kier molecular flexibility index (Phi) is 1.35. The number of benzene rings is 2. The second-order valence-corrected chi connectivity index (χ2v) is 2.38. The average molecular weight is 145 g/mol. The first-order chi connectivity index (χ1) is 5.38. The van der Waals surface area contributed by atoms with Crippen molar-refractivity contribution in [1.29, 1.82) is 0 Å². The van der Waals surface area contributed by atoms with E-state index in [1.165, 1.54) is 0 Å². The molecule has 0 aliphatic carbocycles. The molecule has 1 heteroatoms. The highest BCUT2D eigenvalue weighted by molar-refractivity contribution is 5.82. The van der Waals surface area contributed by atoms with Crippen LogP contribution in [0.5, 0.6) is 0 Å². The summed E-state index contributed by atoms with van der Waals surface area (Å²) in [5.41, 5.74) is 0. The van der Waals surface area contributed by atoms with Crippen LogP contribution < -0.4 is 0 Å². The van der Waals surface area contributed by atoms with E-state index in [0.29, 0.717) is 5.39 Å². The monoisotopic (exact) mass is 145 g/mol. The zero-order valence-electron chi connectivity index (χ0n) is 5.84. The van der Waals surface area contributed by atoms with E-state index in [4.69, 9.17) is 0 Å². The predicted octanol–water partition coefficient (Wildman–Crippen LogP) is 2.78. The fourth-order valence-corrected chi connectivity index (χ4v) is 1.12. The van der Waals surface area contributed by atoms with Gasteiger partial charge in [-0.2, -0.15) is 0 Å². The highest BCUT2D eigenvalue weighted by Crippen LogP contribution is 2.15. The highest BCUT2D eigenvalue weighted by Gasteiger charge is 1.96. The molecule has 0 nitrogen and oxygen atoms in total. The minimum atomic E-state index is -0.275. The van der Waals surface area contributed by atoms with Gasteiger partial charge in [0, 0.05) is 11.5 Å². The van der Waals surface area contributed by atoms with Gasteiger partial charge >= 0.3 is 0 Å². The Labute approximate surface area is 64.3 Å². The lowest BCUT2D eigenvalue weighted by molar-refractivity contribution is 0.637. The topological polar surface area (TPSA) is 0 Å². The molecule has 0 heterocycles. The molecule has 0 aliphatic heterocycles. The van der Waals surface area contributed by atoms with Crippen molar-refractivity contribution in [2.45, 2.75) is 0 Å². The van der Waals surface area contributed by atoms with E-state index in [0.717, 1.165) is 5.39 Å². The predicted molar refractivity (Wildman–Crippen MR) is 42.7 cm³/mol. The molecule has 0 aromatic heterocycles. The van der Waals surface area contributed by atoms with Gasteiger partial charge in [-0.3, -0.25) is 0 Å². The summed E-state index contributed by atoms with van der Waals surface area (Å²) < 4.78 is 12.9. The van der Waals surface area contributed by atoms with Crippen LogP contribution in [0, 0.1) is 11.9 Å². The van der Waals surface area contributed by atoms with E-state index < -0.39 is 0 Å². The average Bonchev–Trinajstić information content (AvgIpc) is 2.06. The van der Waals surface area contributed by atoms with Crippen molar-refractivity contribution in [3.63, 3.8) is 0 Å². The SMILES string of the molecule is Fc1[c]ccc2ccccc12. The Bertz CT molecular complexity index is 374. The van der Waals surface area contributed by atoms with Gasteiger partial charge in [-0.05, 0) is 5.39 Å². The lowest BCUT2D eigenvalue weighted by Crippen LogP contribution is -1.76. The molecule has 0 spiro atoms. The van der Waals surface area contributed by atoms with Crippen LogP contribution in [0.3, 0.4) is 0 Å². The standard InChI is InChI=1S/C10H6F/c11-10-7-3-5-8-4-1-2-6-9(8)10/h1-6H. The van der Waals surface area contributed by atoms with Crippen LogP contribution in [-0.2, 0) is 0 Å². The smallest absolute Gasteiger partial charge is 0.138 e. The second-order valence-electron chi connectivity index (χ2n) is 2.38. The lowest BCUT2D eigenvalue weighted by atomic mass is 10.1. The summed E-state index contributed by atoms with van der Waals surface area (Å²) in [7, 11) is 0. The van der Waals surface area contributed by atoms with E-state index >= 15 is 0 Å². The van der Waals surface area contributed by atoms with Crippen molar-refractivity contribution < 1.29 is 4.39 Å². The van der Waals surface area contributed by atoms with E-state index in [2.05, 4.69) is 6.07 Å². The Morgan fingerprint density at radius 1 is 1.09 bits per heavy atom. The molecule has 0 saturated heterocycles. The molecule has 2 aromatic rings. The van der Waals surface area contributed by atoms with Crippen molar-refractivity contribution in [3.05, 3.63) is 48.3 Å². The second kappa shape index (κ2) is 2.35. The van der Waals surface area contributed by atoms with Crippen molar-refractivity contribution >= 4 is 10.8 Å². The minimum Gasteiger partial charge on any atom is -0.206 e. The number of hydrogen-bond acceptors (Lipinski definition) is 0. The number of halogens is 1. The summed E-state index contributed by atoms with van der Waals surface area (Å²) in [4.78, 5) is 0. The van der Waals surface area contributed by atoms with E-state index in [1.807, 2.05) is 24.3 Å². The lowest BCUT2D eigenvalue weighted by Gasteiger charge is -1.95. The van der Waals surface area contributed by atoms with E-state index in [-0.39, 0.29) is 5.82 Å². The molecule has 0 amide bonds. The molecule has 2 rings (SSSR count). The van der Waals surface area contributed by atoms with Gasteiger partial charge < -0.3 is 0 Å². The molecule has 0 atom stereocenters. The third-order valence-corrected chi connectivity index (χ3v) is 1.67. The maximum Gasteiger partial charge on any atom is 0.138 e. The van der Waals surface area contributed by atoms with Crippen LogP contribution in [-0.4, -0.2) is 0 Å². The summed E-state index contributed by atoms with van der Waals surface area (Å²) in [5, 5.41) is 1.55. The van der Waals surface area contributed by atoms with Gasteiger partial charge in [-0.25, -0.2) is 4.39 Å². The molecular formula is C10H6F. The van der Waals surface area contributed by atoms with Crippen molar-refractivity contribution in [2.75, 3.05) is 0 Å². The summed E-state index contributed by atoms with van der Waals surface area (Å²) >= 11 is 0. The van der Waals surface area contributed by atoms with Crippen LogP contribution in [0.15, 0.2) is 36.4 Å². The van der Waals surface area contributed by atoms with Crippen molar-refractivity contribution in [1.82, 2.24) is 0 Å². The van der Waals surface area contributed by atoms with Crippen molar-refractivity contribution in [3.8, 4) is 0 Å². The Hall–Kier alpha value is -1.37. The first kappa shape index (κ1) is 6.35. The van der Waals surface area contributed by atoms with Gasteiger partial charge in [0.2, 0.25) is 0 Å². The number of fused-ring (bicyclic) bond motifs is 1. The van der Waals surface area contributed by atoms with Gasteiger partial charge in [0.15, 0.2) is 0 Å². The van der Waals surface area contributed by atoms with Gasteiger partial charge in [0.05, 0.1) is 0 Å². The third kappa shape index (κ3) is 0.984. The molecule has 53 valence electrons. The van der Waals surface area contributed by atoms with Crippen LogP contribution in [0.4, 0.5) is 4.39 Å². The molecular weight excluding hydrogens is 139 g/mol. The molecule has 0 unspecified atom stereocenters. The highest BCUT2D eigenvalue weighted by atomic mass is 19.1. The fourth-order valence-electron chi connectivity index (χ4n) is 1.12. The van der Waals surface area contributed by atoms with Gasteiger partial charge in [-0.1, -0.05) is 36.4 Å². The molecule has 2 aromatic carbocycles. The van der Waals surface area contributed by atoms with Crippen LogP contribution in [0.2, 0.25) is 0 Å². The van der Waals surface area contributed by atoms with Crippen LogP contribution in [0.1, 0.15) is 0 Å². The Balaban J connectivity index is 2.91. The van der Waals surface area contributed by atoms with Crippen molar-refractivity contribution in [2.24, 2.45) is 0 Å². The molecule has 0 N–H and O–H groups in total. The van der Waals surface area contributed by atoms with Gasteiger partial charge in [0.1, 0.15) is 5.82 Å². The van der Waals surface area contributed by atoms with Crippen LogP contribution in [0.25, 0.3) is 10.8 Å². The zero-order chi connectivity index (χ0) is 7.68. The number of hydrogen-bond donors (Lipinski definition) is 0. The summed E-state index contributed by atoms with van der Waals surface area (Å²) in [6.07, 6.45) is 0. The Morgan fingerprint density at radius 3 is 2.73 bits per heavy atom. The first-order valence-electron chi connectivity index (χ1n) is 3.43. The summed E-state index contributed by atoms with van der Waals surface area (Å²) in [6.45, 7) is 0. The molecule has 0 bridgehead atoms. The molecule has 1 radical (unpaired) electrons. The van der Waals surface area contributed by atoms with Gasteiger partial charge in [-0.15, -0.1) is 0 Å². The largest absolute Gasteiger partial charge is 0.206 e. The summed E-state index contributed by atoms with van der Waals surface area (Å²) in [5.74, 6) is -0.275. The normalized spacial score (nSPS) is 10.3. The first-order valence-corrected chi connectivity index (χ1v) is 3.43. The Morgan fingerprint density at radius 2 is 1.91 bits per heavy atom. The maximum absolute atomic E-state index is 12.9. The quantitative estimate of drug-likeness (QED) is 0.534. The molecule has 0 saturated carbocycles.